The van der Waals surface area contributed by atoms with Gasteiger partial charge in [-0.3, -0.25) is 5.32 Å². The van der Waals surface area contributed by atoms with E-state index in [-0.39, 0.29) is 11.1 Å². The van der Waals surface area contributed by atoms with Crippen LogP contribution in [0.25, 0.3) is 21.8 Å². The van der Waals surface area contributed by atoms with Crippen molar-refractivity contribution >= 4 is 39.3 Å². The van der Waals surface area contributed by atoms with Crippen molar-refractivity contribution in [3.8, 4) is 0 Å². The number of fused-ring (bicyclic) bond motifs is 2. The number of nitrogens with one attached hydrogen (secondary N) is 3. The summed E-state index contributed by atoms with van der Waals surface area (Å²) >= 11 is 0. The number of benzene rings is 2. The third-order valence-electron chi connectivity index (χ3n) is 4.58. The Labute approximate surface area is 187 Å². The van der Waals surface area contributed by atoms with Gasteiger partial charge in [0.15, 0.2) is 0 Å². The molecule has 0 aliphatic heterocycles. The van der Waals surface area contributed by atoms with Gasteiger partial charge in [0.2, 0.25) is 0 Å². The monoisotopic (exact) mass is 464 g/mol. The third-order valence-corrected chi connectivity index (χ3v) is 4.58. The van der Waals surface area contributed by atoms with Crippen molar-refractivity contribution in [3.05, 3.63) is 59.9 Å². The molecule has 0 unspecified atom stereocenters. The van der Waals surface area contributed by atoms with Crippen LogP contribution in [0.5, 0.6) is 0 Å². The van der Waals surface area contributed by atoms with E-state index < -0.39 is 24.5 Å². The lowest BCUT2D eigenvalue weighted by molar-refractivity contribution is 0.0636. The number of rotatable bonds is 3. The fraction of sp³-hybridized carbons (Fsp3) is 0.261. The molecule has 0 spiro atoms. The van der Waals surface area contributed by atoms with Crippen LogP contribution in [-0.4, -0.2) is 21.7 Å². The zero-order chi connectivity index (χ0) is 24.3. The number of aromatic amines is 2. The van der Waals surface area contributed by atoms with Crippen LogP contribution in [0.1, 0.15) is 44.7 Å². The Kier molecular flexibility index (Phi) is 6.85. The molecule has 6 nitrogen and oxygen atoms in total. The molecule has 4 aromatic rings. The first-order chi connectivity index (χ1) is 15.4. The highest BCUT2D eigenvalue weighted by molar-refractivity contribution is 5.99. The van der Waals surface area contributed by atoms with Gasteiger partial charge in [0.1, 0.15) is 5.60 Å². The minimum atomic E-state index is -2.55. The fourth-order valence-electron chi connectivity index (χ4n) is 3.09. The number of amides is 1. The summed E-state index contributed by atoms with van der Waals surface area (Å²) in [5, 5.41) is 3.72. The smallest absolute Gasteiger partial charge is 0.412 e. The van der Waals surface area contributed by atoms with Crippen LogP contribution in [0, 0.1) is 0 Å². The number of carbonyl (C=O) groups is 1. The molecule has 0 aliphatic rings. The Bertz CT molecular complexity index is 1260. The summed E-state index contributed by atoms with van der Waals surface area (Å²) in [6.45, 7) is 5.24. The molecule has 33 heavy (non-hydrogen) atoms. The fourth-order valence-corrected chi connectivity index (χ4v) is 3.09. The summed E-state index contributed by atoms with van der Waals surface area (Å²) in [6.07, 6.45) is -2.48. The van der Waals surface area contributed by atoms with E-state index in [1.807, 2.05) is 0 Å². The van der Waals surface area contributed by atoms with E-state index in [2.05, 4.69) is 15.3 Å². The molecule has 4 rings (SSSR count). The van der Waals surface area contributed by atoms with E-state index in [1.165, 1.54) is 24.3 Å². The minimum Gasteiger partial charge on any atom is -0.444 e. The molecule has 0 fully saturated rings. The van der Waals surface area contributed by atoms with E-state index in [1.54, 1.807) is 45.3 Å². The predicted molar refractivity (Wildman–Crippen MR) is 121 cm³/mol. The summed E-state index contributed by atoms with van der Waals surface area (Å²) in [6, 6.07) is 8.66. The van der Waals surface area contributed by atoms with Gasteiger partial charge in [-0.2, -0.15) is 0 Å². The number of halogens is 4. The molecular formula is C23H24F4N4O2. The second-order valence-corrected chi connectivity index (χ2v) is 8.28. The van der Waals surface area contributed by atoms with Crippen molar-refractivity contribution < 1.29 is 27.1 Å². The van der Waals surface area contributed by atoms with Crippen molar-refractivity contribution in [2.75, 3.05) is 11.1 Å². The first kappa shape index (κ1) is 24.0. The Balaban J connectivity index is 0.000000203. The van der Waals surface area contributed by atoms with E-state index in [9.17, 15) is 22.4 Å². The second kappa shape index (κ2) is 9.43. The molecule has 0 radical (unpaired) electrons. The molecule has 176 valence electrons. The quantitative estimate of drug-likeness (QED) is 0.243. The number of aromatic nitrogens is 2. The van der Waals surface area contributed by atoms with Gasteiger partial charge >= 0.3 is 6.09 Å². The van der Waals surface area contributed by atoms with Crippen LogP contribution in [0.4, 0.5) is 33.7 Å². The normalized spacial score (nSPS) is 11.7. The zero-order valence-electron chi connectivity index (χ0n) is 18.2. The molecular weight excluding hydrogens is 440 g/mol. The van der Waals surface area contributed by atoms with E-state index in [4.69, 9.17) is 10.5 Å². The van der Waals surface area contributed by atoms with E-state index >= 15 is 0 Å². The maximum atomic E-state index is 12.7. The maximum Gasteiger partial charge on any atom is 0.412 e. The Morgan fingerprint density at radius 3 is 1.97 bits per heavy atom. The number of nitrogens with two attached hydrogens (primary N) is 1. The lowest BCUT2D eigenvalue weighted by atomic mass is 10.1. The molecule has 0 atom stereocenters. The van der Waals surface area contributed by atoms with E-state index in [0.29, 0.717) is 27.7 Å². The van der Waals surface area contributed by atoms with Crippen LogP contribution in [0.2, 0.25) is 0 Å². The van der Waals surface area contributed by atoms with Crippen LogP contribution in [0.3, 0.4) is 0 Å². The molecule has 0 saturated carbocycles. The molecule has 0 bridgehead atoms. The number of hydrogen-bond acceptors (Lipinski definition) is 3. The van der Waals surface area contributed by atoms with Crippen molar-refractivity contribution in [2.45, 2.75) is 39.2 Å². The van der Waals surface area contributed by atoms with Gasteiger partial charge in [0, 0.05) is 45.3 Å². The predicted octanol–water partition coefficient (Wildman–Crippen LogP) is 7.14. The maximum absolute atomic E-state index is 12.7. The van der Waals surface area contributed by atoms with Gasteiger partial charge < -0.3 is 20.4 Å². The largest absolute Gasteiger partial charge is 0.444 e. The molecule has 2 heterocycles. The van der Waals surface area contributed by atoms with Crippen LogP contribution >= 0.6 is 0 Å². The average molecular weight is 464 g/mol. The Morgan fingerprint density at radius 2 is 1.42 bits per heavy atom. The second-order valence-electron chi connectivity index (χ2n) is 8.28. The van der Waals surface area contributed by atoms with Crippen LogP contribution in [-0.2, 0) is 4.74 Å². The summed E-state index contributed by atoms with van der Waals surface area (Å²) in [7, 11) is 0. The molecule has 2 aromatic carbocycles. The van der Waals surface area contributed by atoms with Gasteiger partial charge in [0.25, 0.3) is 12.9 Å². The average Bonchev–Trinajstić information content (AvgIpc) is 3.30. The highest BCUT2D eigenvalue weighted by Gasteiger charge is 2.18. The minimum absolute atomic E-state index is 0.00111. The third kappa shape index (κ3) is 5.97. The highest BCUT2D eigenvalue weighted by Crippen LogP contribution is 2.29. The standard InChI is InChI=1S/C14H16F2N2O2.C9H8F2N2/c1-14(2,3)20-13(19)18-11-7-17-10-5-4-8(12(15)16)6-9(10)11;10-9(11)5-1-2-8-6(3-5)7(12)4-13-8/h4-7,12,17H,1-3H3,(H,18,19);1-4,9,13H,12H2. The first-order valence-corrected chi connectivity index (χ1v) is 9.98. The first-order valence-electron chi connectivity index (χ1n) is 9.98. The topological polar surface area (TPSA) is 95.9 Å². The molecule has 2 aromatic heterocycles. The summed E-state index contributed by atoms with van der Waals surface area (Å²) in [4.78, 5) is 17.5. The number of alkyl halides is 4. The van der Waals surface area contributed by atoms with Gasteiger partial charge in [0.05, 0.1) is 11.4 Å². The van der Waals surface area contributed by atoms with Crippen molar-refractivity contribution in [2.24, 2.45) is 0 Å². The van der Waals surface area contributed by atoms with Gasteiger partial charge in [-0.1, -0.05) is 12.1 Å². The summed E-state index contributed by atoms with van der Waals surface area (Å²) < 4.78 is 55.1. The van der Waals surface area contributed by atoms with Gasteiger partial charge in [-0.15, -0.1) is 0 Å². The number of hydrogen-bond donors (Lipinski definition) is 4. The lowest BCUT2D eigenvalue weighted by Gasteiger charge is -2.19. The molecule has 1 amide bonds. The van der Waals surface area contributed by atoms with Gasteiger partial charge in [-0.25, -0.2) is 22.4 Å². The van der Waals surface area contributed by atoms with Crippen molar-refractivity contribution in [3.63, 3.8) is 0 Å². The summed E-state index contributed by atoms with van der Waals surface area (Å²) in [5.74, 6) is 0. The molecule has 10 heteroatoms. The molecule has 5 N–H and O–H groups in total. The van der Waals surface area contributed by atoms with Crippen LogP contribution < -0.4 is 11.1 Å². The summed E-state index contributed by atoms with van der Waals surface area (Å²) in [5.41, 5.74) is 7.21. The number of H-pyrrole nitrogens is 2. The van der Waals surface area contributed by atoms with Crippen LogP contribution in [0.15, 0.2) is 48.8 Å². The van der Waals surface area contributed by atoms with E-state index in [0.717, 1.165) is 5.52 Å². The number of nitrogen functional groups attached to an aromatic ring is 1. The molecule has 0 saturated heterocycles. The highest BCUT2D eigenvalue weighted by atomic mass is 19.3. The van der Waals surface area contributed by atoms with Crippen molar-refractivity contribution in [1.29, 1.82) is 0 Å². The zero-order valence-corrected chi connectivity index (χ0v) is 18.2. The SMILES string of the molecule is CC(C)(C)OC(=O)Nc1c[nH]c2ccc(C(F)F)cc12.Nc1c[nH]c2ccc(C(F)F)cc12. The number of ether oxygens (including phenoxy) is 1. The van der Waals surface area contributed by atoms with Crippen molar-refractivity contribution in [1.82, 2.24) is 9.97 Å². The van der Waals surface area contributed by atoms with Gasteiger partial charge in [-0.05, 0) is 45.0 Å². The lowest BCUT2D eigenvalue weighted by Crippen LogP contribution is -2.27. The number of anilines is 2. The Hall–Kier alpha value is -3.69. The number of carbonyl (C=O) groups excluding carboxylic acids is 1. The molecule has 0 aliphatic carbocycles. The Morgan fingerprint density at radius 1 is 0.909 bits per heavy atom.